The highest BCUT2D eigenvalue weighted by Gasteiger charge is 2.19. The molecule has 0 aliphatic rings. The van der Waals surface area contributed by atoms with E-state index in [0.29, 0.717) is 18.3 Å². The van der Waals surface area contributed by atoms with Crippen LogP contribution in [0.25, 0.3) is 10.8 Å². The van der Waals surface area contributed by atoms with E-state index in [4.69, 9.17) is 0 Å². The van der Waals surface area contributed by atoms with Crippen LogP contribution in [-0.4, -0.2) is 13.0 Å². The molecule has 0 aliphatic carbocycles. The monoisotopic (exact) mass is 320 g/mol. The molecule has 0 amide bonds. The number of rotatable bonds is 5. The van der Waals surface area contributed by atoms with Crippen LogP contribution in [0.5, 0.6) is 0 Å². The van der Waals surface area contributed by atoms with Crippen molar-refractivity contribution >= 4 is 20.9 Å². The second-order valence-electron chi connectivity index (χ2n) is 6.73. The third-order valence-electron chi connectivity index (χ3n) is 3.74. The zero-order valence-corrected chi connectivity index (χ0v) is 14.4. The quantitative estimate of drug-likeness (QED) is 0.826. The van der Waals surface area contributed by atoms with Crippen molar-refractivity contribution in [3.63, 3.8) is 0 Å². The first-order valence-corrected chi connectivity index (χ1v) is 9.15. The number of hydrogen-bond acceptors (Lipinski definition) is 2. The second-order valence-corrected chi connectivity index (χ2v) is 8.12. The fourth-order valence-corrected chi connectivity index (χ4v) is 3.69. The fraction of sp³-hybridized carbons (Fsp3) is 0.444. The molecule has 0 fully saturated rings. The first kappa shape index (κ1) is 17.0. The summed E-state index contributed by atoms with van der Waals surface area (Å²) in [4.78, 5) is 0.0374. The number of benzene rings is 2. The second kappa shape index (κ2) is 6.39. The third kappa shape index (κ3) is 3.68. The van der Waals surface area contributed by atoms with Crippen molar-refractivity contribution in [2.24, 2.45) is 11.8 Å². The summed E-state index contributed by atoms with van der Waals surface area (Å²) in [5.74, 6) is 0.834. The third-order valence-corrected chi connectivity index (χ3v) is 4.68. The average Bonchev–Trinajstić information content (AvgIpc) is 2.37. The largest absolute Gasteiger partial charge is 0.294 e. The van der Waals surface area contributed by atoms with Gasteiger partial charge >= 0.3 is 0 Å². The molecule has 1 N–H and O–H groups in total. The van der Waals surface area contributed by atoms with Crippen LogP contribution in [0.3, 0.4) is 0 Å². The summed E-state index contributed by atoms with van der Waals surface area (Å²) >= 11 is 0. The molecule has 2 aromatic carbocycles. The van der Waals surface area contributed by atoms with Gasteiger partial charge in [0.05, 0.1) is 4.90 Å². The van der Waals surface area contributed by atoms with Crippen LogP contribution in [0.15, 0.2) is 35.2 Å². The van der Waals surface area contributed by atoms with Crippen LogP contribution in [0.4, 0.5) is 0 Å². The van der Waals surface area contributed by atoms with Gasteiger partial charge in [-0.2, -0.15) is 8.42 Å². The minimum absolute atomic E-state index is 0.0374. The van der Waals surface area contributed by atoms with Gasteiger partial charge in [0, 0.05) is 0 Å². The smallest absolute Gasteiger partial charge is 0.282 e. The predicted molar refractivity (Wildman–Crippen MR) is 90.8 cm³/mol. The van der Waals surface area contributed by atoms with Gasteiger partial charge in [0.1, 0.15) is 0 Å². The maximum atomic E-state index is 11.7. The van der Waals surface area contributed by atoms with E-state index in [1.807, 2.05) is 32.0 Å². The highest BCUT2D eigenvalue weighted by atomic mass is 32.2. The van der Waals surface area contributed by atoms with Gasteiger partial charge in [-0.25, -0.2) is 0 Å². The summed E-state index contributed by atoms with van der Waals surface area (Å²) in [5.41, 5.74) is 1.94. The van der Waals surface area contributed by atoms with Gasteiger partial charge in [-0.1, -0.05) is 52.0 Å². The van der Waals surface area contributed by atoms with Gasteiger partial charge in [-0.15, -0.1) is 0 Å². The molecule has 0 saturated carbocycles. The zero-order chi connectivity index (χ0) is 16.5. The summed E-state index contributed by atoms with van der Waals surface area (Å²) in [6.45, 7) is 8.43. The summed E-state index contributed by atoms with van der Waals surface area (Å²) in [6, 6.07) is 9.37. The van der Waals surface area contributed by atoms with Gasteiger partial charge < -0.3 is 0 Å². The van der Waals surface area contributed by atoms with E-state index in [-0.39, 0.29) is 4.90 Å². The Bertz CT molecular complexity index is 774. The molecular weight excluding hydrogens is 296 g/mol. The lowest BCUT2D eigenvalue weighted by Gasteiger charge is -2.16. The molecule has 3 nitrogen and oxygen atoms in total. The summed E-state index contributed by atoms with van der Waals surface area (Å²) in [7, 11) is -4.21. The van der Waals surface area contributed by atoms with E-state index in [2.05, 4.69) is 19.9 Å². The number of hydrogen-bond donors (Lipinski definition) is 1. The molecule has 0 saturated heterocycles. The van der Waals surface area contributed by atoms with E-state index in [1.165, 1.54) is 5.56 Å². The molecule has 4 heteroatoms. The van der Waals surface area contributed by atoms with Crippen molar-refractivity contribution in [2.75, 3.05) is 0 Å². The minimum Gasteiger partial charge on any atom is -0.282 e. The minimum atomic E-state index is -4.21. The predicted octanol–water partition coefficient (Wildman–Crippen LogP) is 4.48. The van der Waals surface area contributed by atoms with Gasteiger partial charge in [0.2, 0.25) is 0 Å². The van der Waals surface area contributed by atoms with E-state index in [0.717, 1.165) is 22.8 Å². The summed E-state index contributed by atoms with van der Waals surface area (Å²) < 4.78 is 32.9. The lowest BCUT2D eigenvalue weighted by Crippen LogP contribution is -2.07. The van der Waals surface area contributed by atoms with Crippen LogP contribution >= 0.6 is 0 Å². The van der Waals surface area contributed by atoms with Crippen molar-refractivity contribution in [1.82, 2.24) is 0 Å². The molecule has 0 aliphatic heterocycles. The molecule has 0 heterocycles. The van der Waals surface area contributed by atoms with Gasteiger partial charge in [-0.05, 0) is 52.6 Å². The van der Waals surface area contributed by atoms with Crippen LogP contribution < -0.4 is 0 Å². The first-order valence-electron chi connectivity index (χ1n) is 7.71. The Morgan fingerprint density at radius 2 is 1.55 bits per heavy atom. The zero-order valence-electron chi connectivity index (χ0n) is 13.6. The topological polar surface area (TPSA) is 54.4 Å². The molecule has 0 unspecified atom stereocenters. The van der Waals surface area contributed by atoms with Gasteiger partial charge in [-0.3, -0.25) is 4.55 Å². The first-order chi connectivity index (χ1) is 10.2. The van der Waals surface area contributed by atoms with E-state index in [1.54, 1.807) is 6.07 Å². The fourth-order valence-electron chi connectivity index (χ4n) is 2.94. The van der Waals surface area contributed by atoms with Crippen LogP contribution in [-0.2, 0) is 23.0 Å². The Labute approximate surface area is 133 Å². The van der Waals surface area contributed by atoms with Crippen LogP contribution in [0.2, 0.25) is 0 Å². The summed E-state index contributed by atoms with van der Waals surface area (Å²) in [5, 5.41) is 2.02. The van der Waals surface area contributed by atoms with E-state index < -0.39 is 10.1 Å². The standard InChI is InChI=1S/C18H24O3S/c1-12(2)10-14-6-5-7-16-15(14)8-9-18(22(19,20)21)17(16)11-13(3)4/h5-9,12-13H,10-11H2,1-4H3,(H,19,20,21). The van der Waals surface area contributed by atoms with Crippen molar-refractivity contribution in [1.29, 1.82) is 0 Å². The van der Waals surface area contributed by atoms with Crippen molar-refractivity contribution < 1.29 is 13.0 Å². The highest BCUT2D eigenvalue weighted by Crippen LogP contribution is 2.31. The SMILES string of the molecule is CC(C)Cc1cccc2c(CC(C)C)c(S(=O)(=O)O)ccc12. The molecule has 2 aromatic rings. The molecule has 2 rings (SSSR count). The lowest BCUT2D eigenvalue weighted by molar-refractivity contribution is 0.481. The Kier molecular flexibility index (Phi) is 4.93. The van der Waals surface area contributed by atoms with Crippen molar-refractivity contribution in [3.8, 4) is 0 Å². The van der Waals surface area contributed by atoms with Gasteiger partial charge in [0.25, 0.3) is 10.1 Å². The average molecular weight is 320 g/mol. The Balaban J connectivity index is 2.76. The maximum absolute atomic E-state index is 11.7. The van der Waals surface area contributed by atoms with E-state index in [9.17, 15) is 13.0 Å². The lowest BCUT2D eigenvalue weighted by atomic mass is 9.92. The highest BCUT2D eigenvalue weighted by molar-refractivity contribution is 7.85. The molecule has 0 aromatic heterocycles. The molecule has 0 atom stereocenters. The molecule has 0 radical (unpaired) electrons. The molecule has 120 valence electrons. The molecule has 0 spiro atoms. The maximum Gasteiger partial charge on any atom is 0.294 e. The normalized spacial score (nSPS) is 12.5. The summed E-state index contributed by atoms with van der Waals surface area (Å²) in [6.07, 6.45) is 1.57. The van der Waals surface area contributed by atoms with Gasteiger partial charge in [0.15, 0.2) is 0 Å². The van der Waals surface area contributed by atoms with Crippen molar-refractivity contribution in [3.05, 3.63) is 41.5 Å². The van der Waals surface area contributed by atoms with Crippen LogP contribution in [0, 0.1) is 11.8 Å². The Morgan fingerprint density at radius 3 is 2.09 bits per heavy atom. The molecule has 0 bridgehead atoms. The Morgan fingerprint density at radius 1 is 0.909 bits per heavy atom. The van der Waals surface area contributed by atoms with Crippen molar-refractivity contribution in [2.45, 2.75) is 45.4 Å². The number of fused-ring (bicyclic) bond motifs is 1. The van der Waals surface area contributed by atoms with E-state index >= 15 is 0 Å². The Hall–Kier alpha value is -1.39. The van der Waals surface area contributed by atoms with Crippen LogP contribution in [0.1, 0.15) is 38.8 Å². The molecule has 22 heavy (non-hydrogen) atoms. The molecular formula is C18H24O3S.